The number of likely N-dealkylation sites (N-methyl/N-ethyl adjacent to an activating group) is 1. The van der Waals surface area contributed by atoms with Crippen LogP contribution in [0.2, 0.25) is 0 Å². The van der Waals surface area contributed by atoms with Gasteiger partial charge >= 0.3 is 6.18 Å². The van der Waals surface area contributed by atoms with E-state index >= 15 is 0 Å². The summed E-state index contributed by atoms with van der Waals surface area (Å²) in [5.41, 5.74) is -0.629. The summed E-state index contributed by atoms with van der Waals surface area (Å²) in [5.74, 6) is 0. The van der Waals surface area contributed by atoms with E-state index in [1.807, 2.05) is 19.0 Å². The van der Waals surface area contributed by atoms with Gasteiger partial charge in [-0.3, -0.25) is 4.68 Å². The van der Waals surface area contributed by atoms with Crippen LogP contribution in [0, 0.1) is 0 Å². The summed E-state index contributed by atoms with van der Waals surface area (Å²) in [7, 11) is 5.30. The van der Waals surface area contributed by atoms with Gasteiger partial charge in [0.2, 0.25) is 0 Å². The largest absolute Gasteiger partial charge is 0.435 e. The van der Waals surface area contributed by atoms with Crippen molar-refractivity contribution in [2.24, 2.45) is 7.05 Å². The lowest BCUT2D eigenvalue weighted by Gasteiger charge is -2.10. The third-order valence-corrected chi connectivity index (χ3v) is 2.22. The number of rotatable bonds is 5. The first-order valence-corrected chi connectivity index (χ1v) is 5.26. The Balaban J connectivity index is 0. The van der Waals surface area contributed by atoms with Crippen LogP contribution in [-0.4, -0.2) is 41.9 Å². The highest BCUT2D eigenvalue weighted by Crippen LogP contribution is 2.30. The average Bonchev–Trinajstić information content (AvgIpc) is 2.53. The van der Waals surface area contributed by atoms with Crippen LogP contribution in [0.5, 0.6) is 0 Å². The van der Waals surface area contributed by atoms with Gasteiger partial charge in [0.1, 0.15) is 0 Å². The second kappa shape index (κ2) is 8.63. The van der Waals surface area contributed by atoms with Gasteiger partial charge in [0.15, 0.2) is 5.69 Å². The summed E-state index contributed by atoms with van der Waals surface area (Å²) in [6.45, 7) is 1.59. The van der Waals surface area contributed by atoms with Crippen LogP contribution in [0.4, 0.5) is 13.2 Å². The molecule has 0 aliphatic rings. The quantitative estimate of drug-likeness (QED) is 0.841. The van der Waals surface area contributed by atoms with E-state index in [1.54, 1.807) is 0 Å². The molecule has 0 spiro atoms. The Kier molecular flexibility index (Phi) is 9.45. The summed E-state index contributed by atoms with van der Waals surface area (Å²) in [4.78, 5) is 1.96. The predicted octanol–water partition coefficient (Wildman–Crippen LogP) is 1.93. The second-order valence-electron chi connectivity index (χ2n) is 4.15. The van der Waals surface area contributed by atoms with E-state index in [9.17, 15) is 13.2 Å². The topological polar surface area (TPSA) is 33.1 Å². The maximum absolute atomic E-state index is 12.6. The molecule has 1 aromatic rings. The van der Waals surface area contributed by atoms with Crippen molar-refractivity contribution < 1.29 is 13.2 Å². The first-order valence-electron chi connectivity index (χ1n) is 5.26. The second-order valence-corrected chi connectivity index (χ2v) is 4.15. The lowest BCUT2D eigenvalue weighted by Crippen LogP contribution is -2.26. The van der Waals surface area contributed by atoms with Crippen molar-refractivity contribution >= 4 is 24.8 Å². The third-order valence-electron chi connectivity index (χ3n) is 2.22. The van der Waals surface area contributed by atoms with E-state index in [1.165, 1.54) is 17.9 Å². The highest BCUT2D eigenvalue weighted by atomic mass is 35.5. The number of nitrogens with zero attached hydrogens (tertiary/aromatic N) is 3. The monoisotopic (exact) mass is 322 g/mol. The van der Waals surface area contributed by atoms with E-state index < -0.39 is 11.9 Å². The summed E-state index contributed by atoms with van der Waals surface area (Å²) in [5, 5.41) is 6.40. The lowest BCUT2D eigenvalue weighted by atomic mass is 10.2. The van der Waals surface area contributed by atoms with Crippen LogP contribution >= 0.6 is 24.8 Å². The molecular weight excluding hydrogens is 304 g/mol. The fourth-order valence-electron chi connectivity index (χ4n) is 1.43. The van der Waals surface area contributed by atoms with Gasteiger partial charge in [0.05, 0.1) is 0 Å². The molecule has 0 aromatic carbocycles. The molecule has 19 heavy (non-hydrogen) atoms. The molecule has 0 aliphatic carbocycles. The van der Waals surface area contributed by atoms with Gasteiger partial charge in [0, 0.05) is 38.4 Å². The molecule has 1 N–H and O–H groups in total. The van der Waals surface area contributed by atoms with Gasteiger partial charge in [-0.15, -0.1) is 24.8 Å². The standard InChI is InChI=1S/C10H17F3N4.2ClH/c1-16(2)5-4-14-6-8-7-17(3)15-9(8)10(11,12)13;;/h7,14H,4-6H2,1-3H3;2*1H. The fraction of sp³-hybridized carbons (Fsp3) is 0.700. The average molecular weight is 323 g/mol. The summed E-state index contributed by atoms with van der Waals surface area (Å²) in [6, 6.07) is 0. The first kappa shape index (κ1) is 20.8. The number of halogens is 5. The molecule has 9 heteroatoms. The number of aryl methyl sites for hydroxylation is 1. The molecule has 0 saturated carbocycles. The molecule has 0 radical (unpaired) electrons. The van der Waals surface area contributed by atoms with Crippen LogP contribution in [0.1, 0.15) is 11.3 Å². The molecule has 1 aromatic heterocycles. The number of nitrogens with one attached hydrogen (secondary N) is 1. The van der Waals surface area contributed by atoms with Crippen molar-refractivity contribution in [1.82, 2.24) is 20.0 Å². The lowest BCUT2D eigenvalue weighted by molar-refractivity contribution is -0.142. The highest BCUT2D eigenvalue weighted by molar-refractivity contribution is 5.85. The Morgan fingerprint density at radius 3 is 2.37 bits per heavy atom. The van der Waals surface area contributed by atoms with Gasteiger partial charge in [-0.05, 0) is 14.1 Å². The van der Waals surface area contributed by atoms with E-state index in [0.29, 0.717) is 6.54 Å². The van der Waals surface area contributed by atoms with Gasteiger partial charge in [-0.1, -0.05) is 0 Å². The zero-order chi connectivity index (χ0) is 13.1. The van der Waals surface area contributed by atoms with Gasteiger partial charge in [-0.2, -0.15) is 18.3 Å². The molecule has 1 rings (SSSR count). The molecule has 1 heterocycles. The Morgan fingerprint density at radius 2 is 1.89 bits per heavy atom. The SMILES string of the molecule is CN(C)CCNCc1cn(C)nc1C(F)(F)F.Cl.Cl. The first-order chi connectivity index (χ1) is 7.80. The van der Waals surface area contributed by atoms with Crippen LogP contribution in [0.3, 0.4) is 0 Å². The van der Waals surface area contributed by atoms with E-state index in [4.69, 9.17) is 0 Å². The van der Waals surface area contributed by atoms with Gasteiger partial charge in [0.25, 0.3) is 0 Å². The van der Waals surface area contributed by atoms with Crippen molar-refractivity contribution in [3.8, 4) is 0 Å². The zero-order valence-electron chi connectivity index (χ0n) is 11.0. The molecule has 0 fully saturated rings. The van der Waals surface area contributed by atoms with Crippen molar-refractivity contribution in [1.29, 1.82) is 0 Å². The maximum Gasteiger partial charge on any atom is 0.435 e. The van der Waals surface area contributed by atoms with Gasteiger partial charge in [-0.25, -0.2) is 0 Å². The van der Waals surface area contributed by atoms with Crippen LogP contribution in [0.15, 0.2) is 6.20 Å². The highest BCUT2D eigenvalue weighted by Gasteiger charge is 2.36. The molecule has 0 bridgehead atoms. The van der Waals surface area contributed by atoms with Crippen molar-refractivity contribution in [2.75, 3.05) is 27.2 Å². The maximum atomic E-state index is 12.6. The molecule has 0 aliphatic heterocycles. The smallest absolute Gasteiger partial charge is 0.311 e. The zero-order valence-corrected chi connectivity index (χ0v) is 12.6. The predicted molar refractivity (Wildman–Crippen MR) is 73.0 cm³/mol. The summed E-state index contributed by atoms with van der Waals surface area (Å²) < 4.78 is 38.9. The van der Waals surface area contributed by atoms with Crippen LogP contribution in [-0.2, 0) is 19.8 Å². The third kappa shape index (κ3) is 7.00. The summed E-state index contributed by atoms with van der Waals surface area (Å²) in [6.07, 6.45) is -2.99. The minimum Gasteiger partial charge on any atom is -0.311 e. The van der Waals surface area contributed by atoms with E-state index in [2.05, 4.69) is 10.4 Å². The molecular formula is C10H19Cl2F3N4. The molecule has 4 nitrogen and oxygen atoms in total. The molecule has 0 saturated heterocycles. The number of hydrogen-bond donors (Lipinski definition) is 1. The minimum absolute atomic E-state index is 0. The Bertz CT molecular complexity index is 366. The van der Waals surface area contributed by atoms with Crippen molar-refractivity contribution in [2.45, 2.75) is 12.7 Å². The summed E-state index contributed by atoms with van der Waals surface area (Å²) >= 11 is 0. The minimum atomic E-state index is -4.39. The fourth-order valence-corrected chi connectivity index (χ4v) is 1.43. The Labute approximate surface area is 123 Å². The number of aromatic nitrogens is 2. The number of alkyl halides is 3. The Morgan fingerprint density at radius 1 is 1.32 bits per heavy atom. The normalized spacial score (nSPS) is 11.1. The molecule has 114 valence electrons. The number of hydrogen-bond acceptors (Lipinski definition) is 3. The van der Waals surface area contributed by atoms with Gasteiger partial charge < -0.3 is 10.2 Å². The van der Waals surface area contributed by atoms with E-state index in [-0.39, 0.29) is 36.9 Å². The Hall–Kier alpha value is -0.500. The molecule has 0 atom stereocenters. The molecule has 0 amide bonds. The van der Waals surface area contributed by atoms with Crippen LogP contribution < -0.4 is 5.32 Å². The van der Waals surface area contributed by atoms with Crippen LogP contribution in [0.25, 0.3) is 0 Å². The molecule has 0 unspecified atom stereocenters. The van der Waals surface area contributed by atoms with E-state index in [0.717, 1.165) is 6.54 Å². The van der Waals surface area contributed by atoms with Crippen molar-refractivity contribution in [3.05, 3.63) is 17.5 Å². The van der Waals surface area contributed by atoms with Crippen molar-refractivity contribution in [3.63, 3.8) is 0 Å².